The zero-order valence-electron chi connectivity index (χ0n) is 40.9. The number of ketones is 1. The predicted octanol–water partition coefficient (Wildman–Crippen LogP) is 4.91. The average molecular weight is 985 g/mol. The average Bonchev–Trinajstić information content (AvgIpc) is 3.35. The number of hydrogen-bond acceptors (Lipinski definition) is 17. The maximum Gasteiger partial charge on any atom is 0.348 e. The van der Waals surface area contributed by atoms with Crippen molar-refractivity contribution in [3.63, 3.8) is 0 Å². The van der Waals surface area contributed by atoms with E-state index in [9.17, 15) is 39.3 Å². The van der Waals surface area contributed by atoms with Crippen LogP contribution in [0.1, 0.15) is 94.6 Å². The molecule has 2 unspecified atom stereocenters. The van der Waals surface area contributed by atoms with Crippen LogP contribution in [0.4, 0.5) is 0 Å². The summed E-state index contributed by atoms with van der Waals surface area (Å²) in [4.78, 5) is 82.6. The molecule has 2 bridgehead atoms. The fraction of sp³-hybridized carbons (Fsp3) is 0.519. The van der Waals surface area contributed by atoms with Crippen molar-refractivity contribution in [2.75, 3.05) is 33.0 Å². The van der Waals surface area contributed by atoms with Gasteiger partial charge < -0.3 is 53.2 Å². The summed E-state index contributed by atoms with van der Waals surface area (Å²) in [6, 6.07) is 26.0. The molecule has 17 heteroatoms. The summed E-state index contributed by atoms with van der Waals surface area (Å²) in [5.41, 5.74) is -6.03. The van der Waals surface area contributed by atoms with Crippen LogP contribution in [0.15, 0.2) is 102 Å². The molecule has 2 saturated carbocycles. The van der Waals surface area contributed by atoms with Crippen molar-refractivity contribution in [2.24, 2.45) is 16.7 Å². The van der Waals surface area contributed by atoms with Gasteiger partial charge in [-0.05, 0) is 54.7 Å². The Hall–Kier alpha value is -5.82. The fourth-order valence-electron chi connectivity index (χ4n) is 10.9. The Balaban J connectivity index is 1.12. The number of rotatable bonds is 19. The van der Waals surface area contributed by atoms with Gasteiger partial charge in [0.25, 0.3) is 0 Å². The third kappa shape index (κ3) is 10.6. The number of carbonyl (C=O) groups excluding carboxylic acids is 6. The lowest BCUT2D eigenvalue weighted by Crippen LogP contribution is -2.81. The Morgan fingerprint density at radius 3 is 2.10 bits per heavy atom. The van der Waals surface area contributed by atoms with Crippen LogP contribution in [-0.2, 0) is 68.5 Å². The minimum absolute atomic E-state index is 0.0140. The molecule has 4 aliphatic rings. The summed E-state index contributed by atoms with van der Waals surface area (Å²) in [6.07, 6.45) is -9.50. The Kier molecular flexibility index (Phi) is 16.3. The van der Waals surface area contributed by atoms with E-state index in [0.717, 1.165) is 12.5 Å². The van der Waals surface area contributed by atoms with Gasteiger partial charge in [0.05, 0.1) is 42.8 Å². The monoisotopic (exact) mass is 984 g/mol. The van der Waals surface area contributed by atoms with Crippen LogP contribution in [0, 0.1) is 16.7 Å². The number of Topliss-reactive ketones (excluding diaryl/α,β-unsaturated/α-hetero) is 1. The van der Waals surface area contributed by atoms with Gasteiger partial charge in [-0.25, -0.2) is 14.4 Å². The third-order valence-electron chi connectivity index (χ3n) is 15.0. The molecular formula is C54H64O17. The highest BCUT2D eigenvalue weighted by atomic mass is 16.6. The van der Waals surface area contributed by atoms with E-state index in [0.29, 0.717) is 12.0 Å². The third-order valence-corrected chi connectivity index (χ3v) is 15.0. The second-order valence-electron chi connectivity index (χ2n) is 19.6. The van der Waals surface area contributed by atoms with Gasteiger partial charge in [0.1, 0.15) is 43.2 Å². The van der Waals surface area contributed by atoms with Crippen LogP contribution in [0.25, 0.3) is 0 Å². The zero-order chi connectivity index (χ0) is 51.3. The molecule has 1 heterocycles. The van der Waals surface area contributed by atoms with E-state index < -0.39 is 113 Å². The molecule has 7 rings (SSSR count). The van der Waals surface area contributed by atoms with Gasteiger partial charge in [-0.2, -0.15) is 0 Å². The van der Waals surface area contributed by atoms with Gasteiger partial charge in [-0.3, -0.25) is 14.4 Å². The van der Waals surface area contributed by atoms with Crippen LogP contribution in [0.2, 0.25) is 0 Å². The molecular weight excluding hydrogens is 921 g/mol. The molecule has 0 aromatic heterocycles. The normalized spacial score (nSPS) is 29.3. The first-order valence-electron chi connectivity index (χ1n) is 24.0. The van der Waals surface area contributed by atoms with Crippen LogP contribution >= 0.6 is 0 Å². The minimum Gasteiger partial charge on any atom is -0.461 e. The SMILES string of the molecule is CC(=O)O[C@@]12COC1C[C@H](O)[C@@]1(C)C(=O)[C@H](O)C3=C(C)[C@@H](OC(=O)[C@H](OC(=O)COCCOCCCC(=O)OCc4ccccc4)[C@@H](C)c4ccccc4)C[C@](O)(C(OC(=O)c4ccccc4)[C@@H]12)C3(C)C. The second kappa shape index (κ2) is 21.9. The molecule has 71 heavy (non-hydrogen) atoms. The Morgan fingerprint density at radius 1 is 0.831 bits per heavy atom. The lowest BCUT2D eigenvalue weighted by molar-refractivity contribution is -0.346. The highest BCUT2D eigenvalue weighted by Crippen LogP contribution is 2.64. The van der Waals surface area contributed by atoms with Gasteiger partial charge >= 0.3 is 29.8 Å². The summed E-state index contributed by atoms with van der Waals surface area (Å²) in [6.45, 7) is 8.54. The number of carbonyl (C=O) groups is 6. The number of benzene rings is 3. The molecule has 1 aliphatic heterocycles. The van der Waals surface area contributed by atoms with E-state index in [-0.39, 0.29) is 68.6 Å². The smallest absolute Gasteiger partial charge is 0.348 e. The van der Waals surface area contributed by atoms with E-state index in [1.807, 2.05) is 30.3 Å². The van der Waals surface area contributed by atoms with Crippen molar-refractivity contribution in [2.45, 2.75) is 128 Å². The number of fused-ring (bicyclic) bond motifs is 5. The predicted molar refractivity (Wildman–Crippen MR) is 251 cm³/mol. The highest BCUT2D eigenvalue weighted by Gasteiger charge is 2.78. The number of aliphatic hydroxyl groups excluding tert-OH is 2. The largest absolute Gasteiger partial charge is 0.461 e. The molecule has 17 nitrogen and oxygen atoms in total. The van der Waals surface area contributed by atoms with Crippen molar-refractivity contribution in [1.82, 2.24) is 0 Å². The fourth-order valence-corrected chi connectivity index (χ4v) is 10.9. The summed E-state index contributed by atoms with van der Waals surface area (Å²) in [5, 5.41) is 37.9. The lowest BCUT2D eigenvalue weighted by atomic mass is 9.44. The van der Waals surface area contributed by atoms with Crippen molar-refractivity contribution in [3.05, 3.63) is 119 Å². The summed E-state index contributed by atoms with van der Waals surface area (Å²) < 4.78 is 46.7. The van der Waals surface area contributed by atoms with E-state index in [1.165, 1.54) is 19.1 Å². The maximum absolute atomic E-state index is 15.1. The Bertz CT molecular complexity index is 2440. The number of esters is 5. The number of aliphatic hydroxyl groups is 3. The quantitative estimate of drug-likeness (QED) is 0.0627. The van der Waals surface area contributed by atoms with Crippen molar-refractivity contribution in [3.8, 4) is 0 Å². The molecule has 3 aliphatic carbocycles. The molecule has 3 aromatic rings. The van der Waals surface area contributed by atoms with Crippen molar-refractivity contribution >= 4 is 35.6 Å². The number of hydrogen-bond donors (Lipinski definition) is 3. The zero-order valence-corrected chi connectivity index (χ0v) is 40.9. The molecule has 0 spiro atoms. The van der Waals surface area contributed by atoms with Gasteiger partial charge in [-0.15, -0.1) is 0 Å². The van der Waals surface area contributed by atoms with Crippen LogP contribution < -0.4 is 0 Å². The molecule has 1 saturated heterocycles. The molecule has 0 radical (unpaired) electrons. The summed E-state index contributed by atoms with van der Waals surface area (Å²) in [7, 11) is 0. The maximum atomic E-state index is 15.1. The molecule has 3 aromatic carbocycles. The van der Waals surface area contributed by atoms with Crippen molar-refractivity contribution in [1.29, 1.82) is 0 Å². The van der Waals surface area contributed by atoms with E-state index in [1.54, 1.807) is 76.2 Å². The first-order valence-corrected chi connectivity index (χ1v) is 24.0. The highest BCUT2D eigenvalue weighted by molar-refractivity contribution is 5.94. The van der Waals surface area contributed by atoms with Gasteiger partial charge in [0.15, 0.2) is 11.4 Å². The van der Waals surface area contributed by atoms with E-state index in [4.69, 9.17) is 37.9 Å². The van der Waals surface area contributed by atoms with Crippen LogP contribution in [0.5, 0.6) is 0 Å². The van der Waals surface area contributed by atoms with Gasteiger partial charge in [0.2, 0.25) is 6.10 Å². The number of ether oxygens (including phenoxy) is 8. The molecule has 3 N–H and O–H groups in total. The Morgan fingerprint density at radius 2 is 1.46 bits per heavy atom. The first kappa shape index (κ1) is 53.0. The summed E-state index contributed by atoms with van der Waals surface area (Å²) in [5.74, 6) is -7.21. The van der Waals surface area contributed by atoms with E-state index >= 15 is 4.79 Å². The van der Waals surface area contributed by atoms with Crippen molar-refractivity contribution < 1.29 is 82.0 Å². The second-order valence-corrected chi connectivity index (χ2v) is 19.6. The Labute approximate surface area is 412 Å². The van der Waals surface area contributed by atoms with Crippen LogP contribution in [-0.4, -0.2) is 132 Å². The first-order chi connectivity index (χ1) is 33.8. The topological polar surface area (TPSA) is 237 Å². The molecule has 0 amide bonds. The summed E-state index contributed by atoms with van der Waals surface area (Å²) >= 11 is 0. The molecule has 11 atom stereocenters. The van der Waals surface area contributed by atoms with Crippen LogP contribution in [0.3, 0.4) is 0 Å². The van der Waals surface area contributed by atoms with E-state index in [2.05, 4.69) is 0 Å². The van der Waals surface area contributed by atoms with Gasteiger partial charge in [-0.1, -0.05) is 99.6 Å². The lowest BCUT2D eigenvalue weighted by Gasteiger charge is -2.67. The minimum atomic E-state index is -2.35. The molecule has 3 fully saturated rings. The standard InChI is InChI=1S/C54H64O17/c1-32(36-19-12-8-13-20-36)45(69-42(58)30-65-26-25-64-24-16-23-41(57)66-29-35-17-10-7-11-18-35)50(62)68-38-28-54(63)48(70-49(61)37-21-14-9-15-22-37)46-52(6,47(60)44(59)43(33(38)2)51(54,4)5)39(56)27-40-53(46,31-67-40)71-34(3)55/h7-15,17-22,32,38-40,44-46,48,56,59,63H,16,23-31H2,1-6H3/t32-,38-,39-,40?,44+,45+,46-,48?,52+,53-,54-/m0/s1. The van der Waals surface area contributed by atoms with Gasteiger partial charge in [0, 0.05) is 44.1 Å². The molecule has 382 valence electrons.